The minimum atomic E-state index is 0.985. The van der Waals surface area contributed by atoms with Crippen molar-refractivity contribution in [3.8, 4) is 0 Å². The molecule has 0 aliphatic carbocycles. The fourth-order valence-corrected chi connectivity index (χ4v) is 1.39. The lowest BCUT2D eigenvalue weighted by Crippen LogP contribution is -2.24. The molecule has 2 nitrogen and oxygen atoms in total. The van der Waals surface area contributed by atoms with E-state index in [0.717, 1.165) is 14.9 Å². The van der Waals surface area contributed by atoms with Gasteiger partial charge in [-0.2, -0.15) is 0 Å². The summed E-state index contributed by atoms with van der Waals surface area (Å²) in [6.07, 6.45) is 3.35. The highest BCUT2D eigenvalue weighted by Crippen LogP contribution is 2.01. The van der Waals surface area contributed by atoms with Crippen LogP contribution in [-0.4, -0.2) is 14.2 Å². The van der Waals surface area contributed by atoms with Crippen LogP contribution in [-0.2, 0) is 9.47 Å². The third-order valence-corrected chi connectivity index (χ3v) is 2.03. The highest BCUT2D eigenvalue weighted by atomic mass is 79.9. The Kier molecular flexibility index (Phi) is 3.83. The van der Waals surface area contributed by atoms with Crippen molar-refractivity contribution in [3.05, 3.63) is 33.1 Å². The number of hydrogen-bond acceptors (Lipinski definition) is 2. The molecule has 0 aliphatic heterocycles. The Morgan fingerprint density at radius 2 is 1.69 bits per heavy atom. The zero-order valence-electron chi connectivity index (χ0n) is 7.58. The maximum atomic E-state index is 4.95. The summed E-state index contributed by atoms with van der Waals surface area (Å²) in [4.78, 5) is 0. The van der Waals surface area contributed by atoms with Crippen molar-refractivity contribution < 1.29 is 9.47 Å². The lowest BCUT2D eigenvalue weighted by molar-refractivity contribution is 0.386. The van der Waals surface area contributed by atoms with E-state index < -0.39 is 0 Å². The Balaban J connectivity index is 3.36. The first kappa shape index (κ1) is 10.1. The Bertz CT molecular complexity index is 384. The molecule has 0 aromatic heterocycles. The molecule has 1 rings (SSSR count). The van der Waals surface area contributed by atoms with Gasteiger partial charge in [-0.15, -0.1) is 0 Å². The Morgan fingerprint density at radius 1 is 1.08 bits per heavy atom. The van der Waals surface area contributed by atoms with Crippen molar-refractivity contribution in [1.82, 2.24) is 0 Å². The maximum Gasteiger partial charge on any atom is 0.0904 e. The predicted octanol–water partition coefficient (Wildman–Crippen LogP) is 1.22. The summed E-state index contributed by atoms with van der Waals surface area (Å²) >= 11 is 3.39. The first-order valence-corrected chi connectivity index (χ1v) is 4.59. The van der Waals surface area contributed by atoms with Crippen molar-refractivity contribution >= 4 is 28.5 Å². The van der Waals surface area contributed by atoms with E-state index >= 15 is 0 Å². The van der Waals surface area contributed by atoms with Gasteiger partial charge in [-0.05, 0) is 12.1 Å². The van der Waals surface area contributed by atoms with Gasteiger partial charge in [-0.3, -0.25) is 0 Å². The molecule has 0 fully saturated rings. The SMILES string of the molecule is COC=c1ccc(Br)cc1=COC. The summed E-state index contributed by atoms with van der Waals surface area (Å²) in [6.45, 7) is 0. The lowest BCUT2D eigenvalue weighted by atomic mass is 10.2. The summed E-state index contributed by atoms with van der Waals surface area (Å²) in [5.74, 6) is 0. The molecule has 0 aliphatic rings. The van der Waals surface area contributed by atoms with Crippen LogP contribution >= 0.6 is 15.9 Å². The number of rotatable bonds is 2. The van der Waals surface area contributed by atoms with Gasteiger partial charge in [0.15, 0.2) is 0 Å². The second-order valence-electron chi connectivity index (χ2n) is 2.48. The van der Waals surface area contributed by atoms with Gasteiger partial charge in [-0.25, -0.2) is 0 Å². The van der Waals surface area contributed by atoms with Crippen molar-refractivity contribution in [2.24, 2.45) is 0 Å². The molecule has 70 valence electrons. The number of benzene rings is 1. The first-order chi connectivity index (χ1) is 6.27. The Labute approximate surface area is 85.6 Å². The molecule has 0 atom stereocenters. The molecule has 0 amide bonds. The number of halogens is 1. The van der Waals surface area contributed by atoms with Crippen LogP contribution in [0.15, 0.2) is 22.7 Å². The summed E-state index contributed by atoms with van der Waals surface area (Å²) < 4.78 is 10.9. The van der Waals surface area contributed by atoms with Crippen LogP contribution in [0.25, 0.3) is 12.5 Å². The van der Waals surface area contributed by atoms with Gasteiger partial charge in [0.1, 0.15) is 0 Å². The second kappa shape index (κ2) is 4.92. The molecule has 0 saturated carbocycles. The highest BCUT2D eigenvalue weighted by molar-refractivity contribution is 9.10. The number of hydrogen-bond donors (Lipinski definition) is 0. The molecular formula is C10H11BrO2. The average molecular weight is 243 g/mol. The van der Waals surface area contributed by atoms with Gasteiger partial charge in [0.25, 0.3) is 0 Å². The predicted molar refractivity (Wildman–Crippen MR) is 56.3 cm³/mol. The first-order valence-electron chi connectivity index (χ1n) is 3.79. The summed E-state index contributed by atoms with van der Waals surface area (Å²) in [7, 11) is 3.25. The maximum absolute atomic E-state index is 4.95. The van der Waals surface area contributed by atoms with Crippen molar-refractivity contribution in [2.75, 3.05) is 14.2 Å². The Hall–Kier alpha value is -0.960. The molecule has 1 aromatic rings. The zero-order valence-corrected chi connectivity index (χ0v) is 9.17. The van der Waals surface area contributed by atoms with Crippen molar-refractivity contribution in [3.63, 3.8) is 0 Å². The molecule has 3 heteroatoms. The monoisotopic (exact) mass is 242 g/mol. The van der Waals surface area contributed by atoms with Crippen LogP contribution in [0.5, 0.6) is 0 Å². The third kappa shape index (κ3) is 2.77. The van der Waals surface area contributed by atoms with Crippen LogP contribution in [0.2, 0.25) is 0 Å². The van der Waals surface area contributed by atoms with Crippen LogP contribution in [0.1, 0.15) is 0 Å². The minimum absolute atomic E-state index is 0.985. The largest absolute Gasteiger partial charge is 0.504 e. The third-order valence-electron chi connectivity index (χ3n) is 1.54. The van der Waals surface area contributed by atoms with Gasteiger partial charge in [0.2, 0.25) is 0 Å². The molecule has 0 radical (unpaired) electrons. The molecule has 0 N–H and O–H groups in total. The van der Waals surface area contributed by atoms with Crippen LogP contribution in [0, 0.1) is 0 Å². The second-order valence-corrected chi connectivity index (χ2v) is 3.40. The fraction of sp³-hybridized carbons (Fsp3) is 0.200. The van der Waals surface area contributed by atoms with Gasteiger partial charge in [0.05, 0.1) is 26.7 Å². The summed E-state index contributed by atoms with van der Waals surface area (Å²) in [6, 6.07) is 5.88. The van der Waals surface area contributed by atoms with Crippen molar-refractivity contribution in [2.45, 2.75) is 0 Å². The quantitative estimate of drug-likeness (QED) is 0.777. The van der Waals surface area contributed by atoms with Gasteiger partial charge in [-0.1, -0.05) is 22.0 Å². The molecule has 0 spiro atoms. The normalized spacial score (nSPS) is 13.2. The van der Waals surface area contributed by atoms with E-state index in [1.54, 1.807) is 26.7 Å². The van der Waals surface area contributed by atoms with Gasteiger partial charge < -0.3 is 9.47 Å². The van der Waals surface area contributed by atoms with E-state index in [-0.39, 0.29) is 0 Å². The van der Waals surface area contributed by atoms with Crippen LogP contribution < -0.4 is 10.4 Å². The van der Waals surface area contributed by atoms with Gasteiger partial charge in [0, 0.05) is 14.9 Å². The molecule has 13 heavy (non-hydrogen) atoms. The van der Waals surface area contributed by atoms with E-state index in [1.807, 2.05) is 18.2 Å². The molecule has 0 saturated heterocycles. The van der Waals surface area contributed by atoms with E-state index in [0.29, 0.717) is 0 Å². The van der Waals surface area contributed by atoms with E-state index in [4.69, 9.17) is 9.47 Å². The summed E-state index contributed by atoms with van der Waals surface area (Å²) in [5, 5.41) is 1.98. The number of methoxy groups -OCH3 is 2. The van der Waals surface area contributed by atoms with Gasteiger partial charge >= 0.3 is 0 Å². The highest BCUT2D eigenvalue weighted by Gasteiger charge is 1.88. The Morgan fingerprint density at radius 3 is 2.31 bits per heavy atom. The van der Waals surface area contributed by atoms with Crippen LogP contribution in [0.3, 0.4) is 0 Å². The lowest BCUT2D eigenvalue weighted by Gasteiger charge is -1.94. The van der Waals surface area contributed by atoms with Crippen molar-refractivity contribution in [1.29, 1.82) is 0 Å². The van der Waals surface area contributed by atoms with E-state index in [1.165, 1.54) is 0 Å². The molecular weight excluding hydrogens is 232 g/mol. The molecule has 0 heterocycles. The van der Waals surface area contributed by atoms with Crippen LogP contribution in [0.4, 0.5) is 0 Å². The molecule has 1 aromatic carbocycles. The molecule has 0 unspecified atom stereocenters. The fourth-order valence-electron chi connectivity index (χ4n) is 1.01. The zero-order chi connectivity index (χ0) is 9.68. The standard InChI is InChI=1S/C10H11BrO2/c1-12-6-8-3-4-10(11)5-9(8)7-13-2/h3-7H,1-2H3. The minimum Gasteiger partial charge on any atom is -0.504 e. The molecule has 0 bridgehead atoms. The topological polar surface area (TPSA) is 18.5 Å². The summed E-state index contributed by atoms with van der Waals surface area (Å²) in [5.41, 5.74) is 0. The smallest absolute Gasteiger partial charge is 0.0904 e. The van der Waals surface area contributed by atoms with E-state index in [9.17, 15) is 0 Å². The van der Waals surface area contributed by atoms with E-state index in [2.05, 4.69) is 15.9 Å². The number of ether oxygens (including phenoxy) is 2. The average Bonchev–Trinajstić information content (AvgIpc) is 2.10.